The molecule has 114 valence electrons. The maximum Gasteiger partial charge on any atom is 0.294 e. The van der Waals surface area contributed by atoms with Crippen LogP contribution in [0.2, 0.25) is 0 Å². The Balaban J connectivity index is 2.10. The summed E-state index contributed by atoms with van der Waals surface area (Å²) in [6, 6.07) is 10.6. The third-order valence-electron chi connectivity index (χ3n) is 3.71. The first kappa shape index (κ1) is 13.2. The number of rotatable bonds is 1. The fourth-order valence-electron chi connectivity index (χ4n) is 2.59. The van der Waals surface area contributed by atoms with Gasteiger partial charge in [-0.25, -0.2) is 4.68 Å². The summed E-state index contributed by atoms with van der Waals surface area (Å²) < 4.78 is 2.02. The zero-order valence-corrected chi connectivity index (χ0v) is 11.7. The molecular weight excluding hydrogens is 298 g/mol. The van der Waals surface area contributed by atoms with Crippen LogP contribution in [0.4, 0.5) is 0 Å². The number of nitrogens with zero attached hydrogens (tertiary/aromatic N) is 3. The second-order valence-corrected chi connectivity index (χ2v) is 5.17. The smallest absolute Gasteiger partial charge is 0.294 e. The van der Waals surface area contributed by atoms with Gasteiger partial charge in [-0.3, -0.25) is 4.79 Å². The third kappa shape index (κ3) is 1.90. The molecule has 0 saturated heterocycles. The van der Waals surface area contributed by atoms with Crippen LogP contribution in [0.3, 0.4) is 0 Å². The van der Waals surface area contributed by atoms with Crippen molar-refractivity contribution in [3.05, 3.63) is 59.0 Å². The Kier molecular flexibility index (Phi) is 2.59. The molecule has 7 heteroatoms. The first-order valence-corrected chi connectivity index (χ1v) is 6.80. The van der Waals surface area contributed by atoms with Gasteiger partial charge >= 0.3 is 0 Å². The third-order valence-corrected chi connectivity index (χ3v) is 3.71. The van der Waals surface area contributed by atoms with Crippen LogP contribution >= 0.6 is 0 Å². The standard InChI is InChI=1S/C16H11N3O4/c20-10-3-1-9(2-4-10)18-8-13-15(17-18)12-7-11(21)5-6-14(12)19(23)16(13)22/h1-8,20-21,23H. The first-order chi connectivity index (χ1) is 11.0. The first-order valence-electron chi connectivity index (χ1n) is 6.80. The van der Waals surface area contributed by atoms with Gasteiger partial charge in [0.25, 0.3) is 5.56 Å². The quantitative estimate of drug-likeness (QED) is 0.467. The van der Waals surface area contributed by atoms with Crippen LogP contribution in [0, 0.1) is 0 Å². The molecular formula is C16H11N3O4. The van der Waals surface area contributed by atoms with E-state index in [1.54, 1.807) is 12.1 Å². The number of hydrogen-bond acceptors (Lipinski definition) is 5. The van der Waals surface area contributed by atoms with Crippen molar-refractivity contribution in [1.82, 2.24) is 14.5 Å². The SMILES string of the molecule is O=c1c2cn(-c3ccc(O)cc3)nc2c2cc(O)ccc2n1O. The molecule has 0 aliphatic heterocycles. The highest BCUT2D eigenvalue weighted by atomic mass is 16.5. The van der Waals surface area contributed by atoms with Gasteiger partial charge in [0.15, 0.2) is 0 Å². The minimum absolute atomic E-state index is 0.0108. The predicted octanol–water partition coefficient (Wildman–Crippen LogP) is 1.99. The van der Waals surface area contributed by atoms with Gasteiger partial charge in [0.2, 0.25) is 0 Å². The summed E-state index contributed by atoms with van der Waals surface area (Å²) in [5.41, 5.74) is 0.690. The van der Waals surface area contributed by atoms with Gasteiger partial charge < -0.3 is 15.4 Å². The lowest BCUT2D eigenvalue weighted by atomic mass is 10.1. The van der Waals surface area contributed by atoms with E-state index in [4.69, 9.17) is 0 Å². The summed E-state index contributed by atoms with van der Waals surface area (Å²) in [7, 11) is 0. The van der Waals surface area contributed by atoms with Gasteiger partial charge in [-0.1, -0.05) is 0 Å². The van der Waals surface area contributed by atoms with E-state index < -0.39 is 5.56 Å². The lowest BCUT2D eigenvalue weighted by molar-refractivity contribution is 0.190. The highest BCUT2D eigenvalue weighted by Gasteiger charge is 2.15. The molecule has 0 amide bonds. The van der Waals surface area contributed by atoms with E-state index in [2.05, 4.69) is 5.10 Å². The Morgan fingerprint density at radius 3 is 2.35 bits per heavy atom. The molecule has 2 aromatic heterocycles. The number of benzene rings is 2. The van der Waals surface area contributed by atoms with E-state index in [1.807, 2.05) is 0 Å². The Hall–Kier alpha value is -3.48. The predicted molar refractivity (Wildman–Crippen MR) is 83.4 cm³/mol. The number of aromatic hydroxyl groups is 2. The van der Waals surface area contributed by atoms with Gasteiger partial charge in [-0.15, -0.1) is 4.73 Å². The minimum atomic E-state index is -0.594. The monoisotopic (exact) mass is 309 g/mol. The number of phenolic OH excluding ortho intramolecular Hbond substituents is 2. The van der Waals surface area contributed by atoms with Crippen molar-refractivity contribution >= 4 is 21.8 Å². The van der Waals surface area contributed by atoms with Gasteiger partial charge in [-0.2, -0.15) is 5.10 Å². The molecule has 0 atom stereocenters. The summed E-state index contributed by atoms with van der Waals surface area (Å²) in [4.78, 5) is 12.3. The topological polar surface area (TPSA) is 101 Å². The summed E-state index contributed by atoms with van der Waals surface area (Å²) >= 11 is 0. The average molecular weight is 309 g/mol. The number of pyridine rings is 1. The average Bonchev–Trinajstić information content (AvgIpc) is 2.99. The van der Waals surface area contributed by atoms with Crippen LogP contribution in [0.25, 0.3) is 27.5 Å². The van der Waals surface area contributed by atoms with Crippen LogP contribution in [0.15, 0.2) is 53.5 Å². The fourth-order valence-corrected chi connectivity index (χ4v) is 2.59. The van der Waals surface area contributed by atoms with Gasteiger partial charge in [-0.05, 0) is 42.5 Å². The molecule has 0 radical (unpaired) electrons. The highest BCUT2D eigenvalue weighted by molar-refractivity contribution is 6.03. The summed E-state index contributed by atoms with van der Waals surface area (Å²) in [6.07, 6.45) is 1.50. The largest absolute Gasteiger partial charge is 0.508 e. The maximum absolute atomic E-state index is 12.3. The maximum atomic E-state index is 12.3. The Labute approximate surface area is 128 Å². The molecule has 4 rings (SSSR count). The van der Waals surface area contributed by atoms with Gasteiger partial charge in [0, 0.05) is 11.6 Å². The highest BCUT2D eigenvalue weighted by Crippen LogP contribution is 2.25. The zero-order chi connectivity index (χ0) is 16.1. The number of hydrogen-bond donors (Lipinski definition) is 3. The molecule has 0 unspecified atom stereocenters. The van der Waals surface area contributed by atoms with Crippen LogP contribution in [0.5, 0.6) is 11.5 Å². The molecule has 0 saturated carbocycles. The second-order valence-electron chi connectivity index (χ2n) is 5.17. The number of fused-ring (bicyclic) bond motifs is 3. The van der Waals surface area contributed by atoms with Crippen LogP contribution in [-0.4, -0.2) is 29.9 Å². The van der Waals surface area contributed by atoms with Gasteiger partial charge in [0.1, 0.15) is 17.0 Å². The molecule has 0 aliphatic rings. The van der Waals surface area contributed by atoms with Crippen molar-refractivity contribution in [2.45, 2.75) is 0 Å². The molecule has 7 nitrogen and oxygen atoms in total. The molecule has 3 N–H and O–H groups in total. The van der Waals surface area contributed by atoms with Crippen molar-refractivity contribution < 1.29 is 15.4 Å². The Morgan fingerprint density at radius 1 is 0.913 bits per heavy atom. The normalized spacial score (nSPS) is 11.3. The van der Waals surface area contributed by atoms with E-state index in [9.17, 15) is 20.2 Å². The van der Waals surface area contributed by atoms with E-state index >= 15 is 0 Å². The molecule has 2 aromatic carbocycles. The lowest BCUT2D eigenvalue weighted by Crippen LogP contribution is -2.17. The number of phenols is 2. The fraction of sp³-hybridized carbons (Fsp3) is 0. The zero-order valence-electron chi connectivity index (χ0n) is 11.7. The second kappa shape index (κ2) is 4.51. The van der Waals surface area contributed by atoms with E-state index in [0.717, 1.165) is 0 Å². The molecule has 23 heavy (non-hydrogen) atoms. The molecule has 0 aliphatic carbocycles. The molecule has 4 aromatic rings. The van der Waals surface area contributed by atoms with Crippen molar-refractivity contribution in [2.24, 2.45) is 0 Å². The van der Waals surface area contributed by atoms with E-state index in [0.29, 0.717) is 21.3 Å². The van der Waals surface area contributed by atoms with Crippen molar-refractivity contribution in [3.63, 3.8) is 0 Å². The Morgan fingerprint density at radius 2 is 1.61 bits per heavy atom. The van der Waals surface area contributed by atoms with Crippen molar-refractivity contribution in [3.8, 4) is 17.2 Å². The molecule has 0 spiro atoms. The molecule has 2 heterocycles. The van der Waals surface area contributed by atoms with E-state index in [1.165, 1.54) is 41.2 Å². The summed E-state index contributed by atoms with van der Waals surface area (Å²) in [5, 5.41) is 34.1. The van der Waals surface area contributed by atoms with Crippen LogP contribution in [0.1, 0.15) is 0 Å². The summed E-state index contributed by atoms with van der Waals surface area (Å²) in [6.45, 7) is 0. The van der Waals surface area contributed by atoms with Gasteiger partial charge in [0.05, 0.1) is 16.6 Å². The van der Waals surface area contributed by atoms with E-state index in [-0.39, 0.29) is 22.4 Å². The summed E-state index contributed by atoms with van der Waals surface area (Å²) in [5.74, 6) is 0.134. The molecule has 0 fully saturated rings. The van der Waals surface area contributed by atoms with Crippen molar-refractivity contribution in [1.29, 1.82) is 0 Å². The Bertz CT molecular complexity index is 1110. The van der Waals surface area contributed by atoms with Crippen molar-refractivity contribution in [2.75, 3.05) is 0 Å². The van der Waals surface area contributed by atoms with Crippen LogP contribution < -0.4 is 5.56 Å². The number of aromatic nitrogens is 3. The van der Waals surface area contributed by atoms with Crippen LogP contribution in [-0.2, 0) is 0 Å². The molecule has 0 bridgehead atoms. The minimum Gasteiger partial charge on any atom is -0.508 e. The lowest BCUT2D eigenvalue weighted by Gasteiger charge is -2.04.